The number of H-pyrrole nitrogens is 1. The van der Waals surface area contributed by atoms with Crippen molar-refractivity contribution in [3.63, 3.8) is 0 Å². The van der Waals surface area contributed by atoms with E-state index in [0.29, 0.717) is 31.9 Å². The van der Waals surface area contributed by atoms with Crippen LogP contribution >= 0.6 is 15.9 Å². The molecule has 2 rings (SSSR count). The van der Waals surface area contributed by atoms with Gasteiger partial charge in [-0.05, 0) is 21.8 Å². The molecule has 1 aliphatic rings. The quantitative estimate of drug-likeness (QED) is 0.887. The predicted octanol–water partition coefficient (Wildman–Crippen LogP) is 1.60. The fourth-order valence-corrected chi connectivity index (χ4v) is 3.05. The Morgan fingerprint density at radius 3 is 2.20 bits per heavy atom. The highest BCUT2D eigenvalue weighted by Gasteiger charge is 2.27. The molecule has 6 nitrogen and oxygen atoms in total. The SMILES string of the molecule is CC(=O)N1CCN(C(=O)c2n[nH]c(C(C)C)c2Br)CC1. The summed E-state index contributed by atoms with van der Waals surface area (Å²) in [6.45, 7) is 7.90. The minimum absolute atomic E-state index is 0.0557. The highest BCUT2D eigenvalue weighted by Crippen LogP contribution is 2.26. The van der Waals surface area contributed by atoms with Crippen molar-refractivity contribution in [2.45, 2.75) is 26.7 Å². The lowest BCUT2D eigenvalue weighted by Crippen LogP contribution is -2.50. The minimum Gasteiger partial charge on any atom is -0.339 e. The second-order valence-electron chi connectivity index (χ2n) is 5.25. The Morgan fingerprint density at radius 1 is 1.20 bits per heavy atom. The first-order valence-corrected chi connectivity index (χ1v) is 7.49. The number of nitrogens with zero attached hydrogens (tertiary/aromatic N) is 3. The molecule has 0 spiro atoms. The molecule has 1 aliphatic heterocycles. The van der Waals surface area contributed by atoms with E-state index in [2.05, 4.69) is 26.1 Å². The van der Waals surface area contributed by atoms with Gasteiger partial charge in [0.05, 0.1) is 10.2 Å². The first kappa shape index (κ1) is 15.0. The summed E-state index contributed by atoms with van der Waals surface area (Å²) in [4.78, 5) is 27.2. The molecule has 1 aromatic rings. The molecule has 110 valence electrons. The van der Waals surface area contributed by atoms with Crippen molar-refractivity contribution in [2.24, 2.45) is 0 Å². The van der Waals surface area contributed by atoms with Gasteiger partial charge in [0.25, 0.3) is 5.91 Å². The van der Waals surface area contributed by atoms with E-state index in [1.165, 1.54) is 0 Å². The van der Waals surface area contributed by atoms with Crippen molar-refractivity contribution in [1.29, 1.82) is 0 Å². The molecule has 1 fully saturated rings. The smallest absolute Gasteiger partial charge is 0.275 e. The lowest BCUT2D eigenvalue weighted by atomic mass is 10.1. The molecule has 0 atom stereocenters. The number of aromatic nitrogens is 2. The van der Waals surface area contributed by atoms with Gasteiger partial charge in [-0.15, -0.1) is 0 Å². The van der Waals surface area contributed by atoms with Crippen LogP contribution in [0.2, 0.25) is 0 Å². The van der Waals surface area contributed by atoms with Gasteiger partial charge in [0, 0.05) is 33.1 Å². The van der Waals surface area contributed by atoms with Crippen molar-refractivity contribution < 1.29 is 9.59 Å². The fourth-order valence-electron chi connectivity index (χ4n) is 2.24. The average molecular weight is 343 g/mol. The Morgan fingerprint density at radius 2 is 1.75 bits per heavy atom. The van der Waals surface area contributed by atoms with E-state index in [9.17, 15) is 9.59 Å². The third-order valence-corrected chi connectivity index (χ3v) is 4.33. The number of piperazine rings is 1. The number of carbonyl (C=O) groups excluding carboxylic acids is 2. The van der Waals surface area contributed by atoms with Crippen LogP contribution in [0.5, 0.6) is 0 Å². The summed E-state index contributed by atoms with van der Waals surface area (Å²) in [6.07, 6.45) is 0. The third kappa shape index (κ3) is 2.87. The molecule has 1 N–H and O–H groups in total. The van der Waals surface area contributed by atoms with Crippen LogP contribution < -0.4 is 0 Å². The monoisotopic (exact) mass is 342 g/mol. The Bertz CT molecular complexity index is 518. The molecule has 0 aliphatic carbocycles. The fraction of sp³-hybridized carbons (Fsp3) is 0.615. The molecule has 0 aromatic carbocycles. The number of halogens is 1. The van der Waals surface area contributed by atoms with Crippen LogP contribution in [0, 0.1) is 0 Å². The van der Waals surface area contributed by atoms with E-state index >= 15 is 0 Å². The summed E-state index contributed by atoms with van der Waals surface area (Å²) in [5.41, 5.74) is 1.35. The van der Waals surface area contributed by atoms with Gasteiger partial charge in [-0.25, -0.2) is 0 Å². The van der Waals surface area contributed by atoms with Crippen molar-refractivity contribution in [3.8, 4) is 0 Å². The molecule has 0 unspecified atom stereocenters. The number of amides is 2. The molecule has 20 heavy (non-hydrogen) atoms. The molecule has 0 saturated carbocycles. The minimum atomic E-state index is -0.0942. The van der Waals surface area contributed by atoms with Crippen LogP contribution in [0.3, 0.4) is 0 Å². The summed E-state index contributed by atoms with van der Waals surface area (Å²) in [5.74, 6) is 0.233. The highest BCUT2D eigenvalue weighted by atomic mass is 79.9. The molecular formula is C13H19BrN4O2. The van der Waals surface area contributed by atoms with Crippen LogP contribution in [0.25, 0.3) is 0 Å². The van der Waals surface area contributed by atoms with Crippen LogP contribution in [-0.4, -0.2) is 58.0 Å². The van der Waals surface area contributed by atoms with Gasteiger partial charge >= 0.3 is 0 Å². The van der Waals surface area contributed by atoms with Gasteiger partial charge in [0.1, 0.15) is 0 Å². The first-order valence-electron chi connectivity index (χ1n) is 6.70. The second-order valence-corrected chi connectivity index (χ2v) is 6.05. The van der Waals surface area contributed by atoms with E-state index in [4.69, 9.17) is 0 Å². The summed E-state index contributed by atoms with van der Waals surface area (Å²) in [5, 5.41) is 7.03. The Balaban J connectivity index is 2.08. The second kappa shape index (κ2) is 5.95. The van der Waals surface area contributed by atoms with Crippen LogP contribution in [0.15, 0.2) is 4.47 Å². The maximum atomic E-state index is 12.4. The number of aromatic amines is 1. The lowest BCUT2D eigenvalue weighted by Gasteiger charge is -2.33. The van der Waals surface area contributed by atoms with Gasteiger partial charge in [-0.2, -0.15) is 5.10 Å². The largest absolute Gasteiger partial charge is 0.339 e. The number of nitrogens with one attached hydrogen (secondary N) is 1. The number of hydrogen-bond acceptors (Lipinski definition) is 3. The van der Waals surface area contributed by atoms with Crippen molar-refractivity contribution in [2.75, 3.05) is 26.2 Å². The number of hydrogen-bond donors (Lipinski definition) is 1. The van der Waals surface area contributed by atoms with Crippen LogP contribution in [0.1, 0.15) is 42.9 Å². The Labute approximate surface area is 126 Å². The number of rotatable bonds is 2. The highest BCUT2D eigenvalue weighted by molar-refractivity contribution is 9.10. The zero-order valence-corrected chi connectivity index (χ0v) is 13.5. The van der Waals surface area contributed by atoms with E-state index in [0.717, 1.165) is 10.2 Å². The van der Waals surface area contributed by atoms with Gasteiger partial charge in [-0.1, -0.05) is 13.8 Å². The van der Waals surface area contributed by atoms with Gasteiger partial charge in [-0.3, -0.25) is 14.7 Å². The van der Waals surface area contributed by atoms with Crippen LogP contribution in [-0.2, 0) is 4.79 Å². The van der Waals surface area contributed by atoms with E-state index in [1.807, 2.05) is 13.8 Å². The molecule has 1 aromatic heterocycles. The molecule has 0 radical (unpaired) electrons. The van der Waals surface area contributed by atoms with Crippen molar-refractivity contribution in [3.05, 3.63) is 15.9 Å². The molecule has 2 heterocycles. The van der Waals surface area contributed by atoms with E-state index in [1.54, 1.807) is 16.7 Å². The van der Waals surface area contributed by atoms with Crippen molar-refractivity contribution >= 4 is 27.7 Å². The third-order valence-electron chi connectivity index (χ3n) is 3.52. The normalized spacial score (nSPS) is 15.8. The summed E-state index contributed by atoms with van der Waals surface area (Å²) in [6, 6.07) is 0. The number of carbonyl (C=O) groups is 2. The van der Waals surface area contributed by atoms with E-state index in [-0.39, 0.29) is 17.7 Å². The standard InChI is InChI=1S/C13H19BrN4O2/c1-8(2)11-10(14)12(16-15-11)13(20)18-6-4-17(5-7-18)9(3)19/h8H,4-7H2,1-3H3,(H,15,16). The zero-order chi connectivity index (χ0) is 14.9. The van der Waals surface area contributed by atoms with Gasteiger partial charge < -0.3 is 9.80 Å². The lowest BCUT2D eigenvalue weighted by molar-refractivity contribution is -0.130. The zero-order valence-electron chi connectivity index (χ0n) is 11.9. The predicted molar refractivity (Wildman–Crippen MR) is 78.5 cm³/mol. The van der Waals surface area contributed by atoms with E-state index < -0.39 is 0 Å². The summed E-state index contributed by atoms with van der Waals surface area (Å²) in [7, 11) is 0. The Hall–Kier alpha value is -1.37. The topological polar surface area (TPSA) is 69.3 Å². The summed E-state index contributed by atoms with van der Waals surface area (Å²) < 4.78 is 0.742. The first-order chi connectivity index (χ1) is 9.41. The molecule has 2 amide bonds. The molecule has 7 heteroatoms. The molecular weight excluding hydrogens is 324 g/mol. The van der Waals surface area contributed by atoms with Crippen molar-refractivity contribution in [1.82, 2.24) is 20.0 Å². The maximum absolute atomic E-state index is 12.4. The Kier molecular flexibility index (Phi) is 4.47. The van der Waals surface area contributed by atoms with Gasteiger partial charge in [0.15, 0.2) is 5.69 Å². The molecule has 0 bridgehead atoms. The summed E-state index contributed by atoms with van der Waals surface area (Å²) >= 11 is 3.45. The van der Waals surface area contributed by atoms with Gasteiger partial charge in [0.2, 0.25) is 5.91 Å². The van der Waals surface area contributed by atoms with Crippen LogP contribution in [0.4, 0.5) is 0 Å². The maximum Gasteiger partial charge on any atom is 0.275 e. The average Bonchev–Trinajstić information content (AvgIpc) is 2.80. The molecule has 1 saturated heterocycles.